The third-order valence-corrected chi connectivity index (χ3v) is 4.84. The molecule has 0 aliphatic heterocycles. The first-order valence-electron chi connectivity index (χ1n) is 6.32. The van der Waals surface area contributed by atoms with Crippen molar-refractivity contribution in [2.24, 2.45) is 0 Å². The smallest absolute Gasteiger partial charge is 0.243 e. The minimum atomic E-state index is -3.59. The summed E-state index contributed by atoms with van der Waals surface area (Å²) in [6.07, 6.45) is 0. The van der Waals surface area contributed by atoms with Gasteiger partial charge in [0.2, 0.25) is 10.0 Å². The minimum Gasteiger partial charge on any atom is -0.257 e. The van der Waals surface area contributed by atoms with E-state index in [1.54, 1.807) is 6.07 Å². The van der Waals surface area contributed by atoms with Gasteiger partial charge < -0.3 is 0 Å². The topological polar surface area (TPSA) is 74.1 Å². The highest BCUT2D eigenvalue weighted by Gasteiger charge is 2.21. The molecule has 1 aromatic heterocycles. The van der Waals surface area contributed by atoms with Crippen molar-refractivity contribution in [2.75, 3.05) is 7.05 Å². The van der Waals surface area contributed by atoms with Crippen LogP contribution < -0.4 is 0 Å². The fourth-order valence-corrected chi connectivity index (χ4v) is 3.02. The molecule has 0 atom stereocenters. The van der Waals surface area contributed by atoms with Crippen LogP contribution >= 0.6 is 0 Å². The molecular weight excluding hydrogens is 286 g/mol. The summed E-state index contributed by atoms with van der Waals surface area (Å²) in [5.74, 6) is 0. The Hall–Kier alpha value is -2.23. The fourth-order valence-electron chi connectivity index (χ4n) is 1.88. The summed E-state index contributed by atoms with van der Waals surface area (Å²) in [7, 11) is -2.08. The molecule has 21 heavy (non-hydrogen) atoms. The molecule has 0 spiro atoms. The maximum absolute atomic E-state index is 12.4. The molecule has 6 heteroatoms. The largest absolute Gasteiger partial charge is 0.257 e. The molecule has 5 nitrogen and oxygen atoms in total. The van der Waals surface area contributed by atoms with E-state index >= 15 is 0 Å². The Labute approximate surface area is 124 Å². The van der Waals surface area contributed by atoms with E-state index in [2.05, 4.69) is 4.98 Å². The zero-order valence-electron chi connectivity index (χ0n) is 11.8. The second-order valence-electron chi connectivity index (χ2n) is 4.67. The Morgan fingerprint density at radius 2 is 1.86 bits per heavy atom. The molecule has 0 fully saturated rings. The second kappa shape index (κ2) is 6.04. The summed E-state index contributed by atoms with van der Waals surface area (Å²) < 4.78 is 26.1. The summed E-state index contributed by atoms with van der Waals surface area (Å²) in [5.41, 5.74) is 1.96. The average molecular weight is 301 g/mol. The molecule has 2 aromatic rings. The lowest BCUT2D eigenvalue weighted by Gasteiger charge is -2.17. The maximum atomic E-state index is 12.4. The number of hydrogen-bond donors (Lipinski definition) is 0. The summed E-state index contributed by atoms with van der Waals surface area (Å²) in [6.45, 7) is 2.06. The number of hydrogen-bond acceptors (Lipinski definition) is 4. The second-order valence-corrected chi connectivity index (χ2v) is 6.71. The van der Waals surface area contributed by atoms with E-state index in [0.717, 1.165) is 5.69 Å². The molecule has 1 aromatic carbocycles. The van der Waals surface area contributed by atoms with E-state index in [1.807, 2.05) is 25.1 Å². The van der Waals surface area contributed by atoms with Crippen molar-refractivity contribution >= 4 is 10.0 Å². The lowest BCUT2D eigenvalue weighted by molar-refractivity contribution is 0.462. The van der Waals surface area contributed by atoms with Crippen molar-refractivity contribution in [3.63, 3.8) is 0 Å². The van der Waals surface area contributed by atoms with Gasteiger partial charge in [-0.05, 0) is 43.3 Å². The molecule has 0 saturated carbocycles. The van der Waals surface area contributed by atoms with Gasteiger partial charge in [-0.3, -0.25) is 4.98 Å². The minimum absolute atomic E-state index is 0.164. The Bertz CT molecular complexity index is 777. The number of rotatable bonds is 4. The number of nitriles is 1. The van der Waals surface area contributed by atoms with Gasteiger partial charge in [-0.25, -0.2) is 8.42 Å². The third-order valence-electron chi connectivity index (χ3n) is 3.02. The molecule has 0 saturated heterocycles. The molecule has 2 rings (SSSR count). The standard InChI is InChI=1S/C15H15N3O2S/c1-12-4-3-5-14(17-12)11-18(2)21(19,20)15-8-6-13(10-16)7-9-15/h3-9H,11H2,1-2H3. The van der Waals surface area contributed by atoms with E-state index in [9.17, 15) is 8.42 Å². The normalized spacial score (nSPS) is 11.3. The van der Waals surface area contributed by atoms with Crippen LogP contribution in [0.4, 0.5) is 0 Å². The van der Waals surface area contributed by atoms with E-state index in [1.165, 1.54) is 35.6 Å². The zero-order chi connectivity index (χ0) is 15.5. The molecule has 0 N–H and O–H groups in total. The van der Waals surface area contributed by atoms with Gasteiger partial charge in [0, 0.05) is 12.7 Å². The van der Waals surface area contributed by atoms with Gasteiger partial charge in [-0.15, -0.1) is 0 Å². The van der Waals surface area contributed by atoms with Crippen LogP contribution in [0.2, 0.25) is 0 Å². The van der Waals surface area contributed by atoms with Crippen molar-refractivity contribution in [1.82, 2.24) is 9.29 Å². The Morgan fingerprint density at radius 3 is 2.43 bits per heavy atom. The average Bonchev–Trinajstić information content (AvgIpc) is 2.47. The molecular formula is C15H15N3O2S. The fraction of sp³-hybridized carbons (Fsp3) is 0.200. The van der Waals surface area contributed by atoms with Crippen molar-refractivity contribution in [3.8, 4) is 6.07 Å². The number of benzene rings is 1. The summed E-state index contributed by atoms with van der Waals surface area (Å²) in [4.78, 5) is 4.46. The van der Waals surface area contributed by atoms with Crippen LogP contribution in [0.15, 0.2) is 47.4 Å². The number of nitrogens with zero attached hydrogens (tertiary/aromatic N) is 3. The summed E-state index contributed by atoms with van der Waals surface area (Å²) >= 11 is 0. The first-order valence-corrected chi connectivity index (χ1v) is 7.76. The van der Waals surface area contributed by atoms with Crippen LogP contribution in [0.5, 0.6) is 0 Å². The van der Waals surface area contributed by atoms with Crippen molar-refractivity contribution < 1.29 is 8.42 Å². The molecule has 0 aliphatic rings. The van der Waals surface area contributed by atoms with Crippen LogP contribution in [0.3, 0.4) is 0 Å². The highest BCUT2D eigenvalue weighted by Crippen LogP contribution is 2.16. The van der Waals surface area contributed by atoms with Crippen LogP contribution in [-0.4, -0.2) is 24.8 Å². The predicted octanol–water partition coefficient (Wildman–Crippen LogP) is 2.08. The first kappa shape index (κ1) is 15.2. The summed E-state index contributed by atoms with van der Waals surface area (Å²) in [6, 6.07) is 13.3. The number of aryl methyl sites for hydroxylation is 1. The summed E-state index contributed by atoms with van der Waals surface area (Å²) in [5, 5.41) is 8.74. The van der Waals surface area contributed by atoms with Gasteiger partial charge in [0.15, 0.2) is 0 Å². The van der Waals surface area contributed by atoms with Crippen molar-refractivity contribution in [2.45, 2.75) is 18.4 Å². The van der Waals surface area contributed by atoms with Gasteiger partial charge in [0.1, 0.15) is 0 Å². The van der Waals surface area contributed by atoms with Crippen molar-refractivity contribution in [1.29, 1.82) is 5.26 Å². The quantitative estimate of drug-likeness (QED) is 0.866. The van der Waals surface area contributed by atoms with Crippen LogP contribution in [-0.2, 0) is 16.6 Å². The number of pyridine rings is 1. The Morgan fingerprint density at radius 1 is 1.19 bits per heavy atom. The van der Waals surface area contributed by atoms with Crippen molar-refractivity contribution in [3.05, 3.63) is 59.4 Å². The molecule has 0 bridgehead atoms. The van der Waals surface area contributed by atoms with E-state index in [4.69, 9.17) is 5.26 Å². The van der Waals surface area contributed by atoms with Crippen LogP contribution in [0, 0.1) is 18.3 Å². The first-order chi connectivity index (χ1) is 9.93. The van der Waals surface area contributed by atoms with Gasteiger partial charge >= 0.3 is 0 Å². The number of aromatic nitrogens is 1. The Balaban J connectivity index is 2.24. The molecule has 0 aliphatic carbocycles. The van der Waals surface area contributed by atoms with E-state index < -0.39 is 10.0 Å². The van der Waals surface area contributed by atoms with Gasteiger partial charge in [0.25, 0.3) is 0 Å². The number of sulfonamides is 1. The van der Waals surface area contributed by atoms with Crippen LogP contribution in [0.25, 0.3) is 0 Å². The predicted molar refractivity (Wildman–Crippen MR) is 78.8 cm³/mol. The lowest BCUT2D eigenvalue weighted by atomic mass is 10.2. The maximum Gasteiger partial charge on any atom is 0.243 e. The molecule has 0 amide bonds. The molecule has 0 unspecified atom stereocenters. The third kappa shape index (κ3) is 3.45. The molecule has 1 heterocycles. The Kier molecular flexibility index (Phi) is 4.36. The lowest BCUT2D eigenvalue weighted by Crippen LogP contribution is -2.27. The van der Waals surface area contributed by atoms with Gasteiger partial charge in [-0.1, -0.05) is 6.07 Å². The molecule has 108 valence electrons. The SMILES string of the molecule is Cc1cccc(CN(C)S(=O)(=O)c2ccc(C#N)cc2)n1. The zero-order valence-corrected chi connectivity index (χ0v) is 12.6. The van der Waals surface area contributed by atoms with Gasteiger partial charge in [0.05, 0.1) is 28.8 Å². The van der Waals surface area contributed by atoms with Crippen LogP contribution in [0.1, 0.15) is 17.0 Å². The highest BCUT2D eigenvalue weighted by atomic mass is 32.2. The highest BCUT2D eigenvalue weighted by molar-refractivity contribution is 7.89. The molecule has 0 radical (unpaired) electrons. The van der Waals surface area contributed by atoms with E-state index in [0.29, 0.717) is 11.3 Å². The van der Waals surface area contributed by atoms with Gasteiger partial charge in [-0.2, -0.15) is 9.57 Å². The monoisotopic (exact) mass is 301 g/mol. The van der Waals surface area contributed by atoms with E-state index in [-0.39, 0.29) is 11.4 Å².